The lowest BCUT2D eigenvalue weighted by atomic mass is 10.0. The molecule has 1 aromatic carbocycles. The van der Waals surface area contributed by atoms with Gasteiger partial charge in [-0.2, -0.15) is 11.8 Å². The van der Waals surface area contributed by atoms with Gasteiger partial charge in [-0.05, 0) is 25.0 Å². The third-order valence-corrected chi connectivity index (χ3v) is 6.24. The van der Waals surface area contributed by atoms with Gasteiger partial charge >= 0.3 is 12.0 Å². The molecule has 1 aromatic rings. The number of hydrogen-bond acceptors (Lipinski definition) is 4. The van der Waals surface area contributed by atoms with Crippen LogP contribution < -0.4 is 15.5 Å². The number of para-hydroxylation sites is 1. The molecule has 8 heteroatoms. The van der Waals surface area contributed by atoms with Gasteiger partial charge in [0.25, 0.3) is 0 Å². The number of carbonyl (C=O) groups is 3. The Labute approximate surface area is 156 Å². The van der Waals surface area contributed by atoms with Gasteiger partial charge in [0, 0.05) is 23.1 Å². The summed E-state index contributed by atoms with van der Waals surface area (Å²) >= 11 is 1.86. The summed E-state index contributed by atoms with van der Waals surface area (Å²) in [6.45, 7) is -0.331. The maximum Gasteiger partial charge on any atom is 0.323 e. The summed E-state index contributed by atoms with van der Waals surface area (Å²) in [5.74, 6) is -0.278. The zero-order valence-corrected chi connectivity index (χ0v) is 15.2. The van der Waals surface area contributed by atoms with Crippen LogP contribution in [-0.4, -0.2) is 52.6 Å². The molecule has 2 saturated heterocycles. The van der Waals surface area contributed by atoms with Crippen molar-refractivity contribution in [2.75, 3.05) is 17.2 Å². The molecule has 2 aliphatic rings. The molecule has 26 heavy (non-hydrogen) atoms. The zero-order chi connectivity index (χ0) is 18.5. The van der Waals surface area contributed by atoms with E-state index in [0.29, 0.717) is 23.8 Å². The average Bonchev–Trinajstić information content (AvgIpc) is 3.16. The van der Waals surface area contributed by atoms with Gasteiger partial charge in [0.2, 0.25) is 5.91 Å². The molecule has 0 radical (unpaired) electrons. The summed E-state index contributed by atoms with van der Waals surface area (Å²) in [5, 5.41) is 15.3. The van der Waals surface area contributed by atoms with Crippen LogP contribution in [0.2, 0.25) is 0 Å². The number of carbonyl (C=O) groups excluding carboxylic acids is 2. The Morgan fingerprint density at radius 1 is 1.19 bits per heavy atom. The van der Waals surface area contributed by atoms with Crippen LogP contribution in [0, 0.1) is 0 Å². The summed E-state index contributed by atoms with van der Waals surface area (Å²) < 4.78 is 0. The standard InChI is InChI=1S/C18H23N3O4S/c22-15(21(10-16(23)24)12-6-2-1-3-7-12)9-5-4-8-14-17-13(11-26-14)19-18(25)20-17/h1-3,6-7,13-14,17H,4-5,8-11H2,(H,23,24)(H2,19,20,25). The van der Waals surface area contributed by atoms with Gasteiger partial charge in [0.1, 0.15) is 6.54 Å². The van der Waals surface area contributed by atoms with Crippen molar-refractivity contribution in [3.8, 4) is 0 Å². The first-order valence-electron chi connectivity index (χ1n) is 8.80. The first kappa shape index (κ1) is 18.6. The van der Waals surface area contributed by atoms with Gasteiger partial charge in [0.05, 0.1) is 12.1 Å². The van der Waals surface area contributed by atoms with Crippen LogP contribution in [0.15, 0.2) is 30.3 Å². The first-order chi connectivity index (χ1) is 12.5. The lowest BCUT2D eigenvalue weighted by molar-refractivity contribution is -0.136. The van der Waals surface area contributed by atoms with E-state index in [2.05, 4.69) is 10.6 Å². The third-order valence-electron chi connectivity index (χ3n) is 4.73. The smallest absolute Gasteiger partial charge is 0.323 e. The second-order valence-corrected chi connectivity index (χ2v) is 7.85. The summed E-state index contributed by atoms with van der Waals surface area (Å²) in [5.41, 5.74) is 0.605. The number of rotatable bonds is 8. The lowest BCUT2D eigenvalue weighted by Crippen LogP contribution is -2.37. The molecular formula is C18H23N3O4S. The second kappa shape index (κ2) is 8.44. The van der Waals surface area contributed by atoms with Crippen LogP contribution in [0.25, 0.3) is 0 Å². The van der Waals surface area contributed by atoms with Crippen molar-refractivity contribution < 1.29 is 19.5 Å². The summed E-state index contributed by atoms with van der Waals surface area (Å²) in [4.78, 5) is 36.3. The number of nitrogens with zero attached hydrogens (tertiary/aromatic N) is 1. The molecule has 0 spiro atoms. The van der Waals surface area contributed by atoms with Crippen LogP contribution in [-0.2, 0) is 9.59 Å². The molecule has 3 unspecified atom stereocenters. The predicted octanol–water partition coefficient (Wildman–Crippen LogP) is 1.83. The monoisotopic (exact) mass is 377 g/mol. The van der Waals surface area contributed by atoms with Gasteiger partial charge in [-0.25, -0.2) is 4.79 Å². The highest BCUT2D eigenvalue weighted by molar-refractivity contribution is 8.00. The molecule has 7 nitrogen and oxygen atoms in total. The number of nitrogens with one attached hydrogen (secondary N) is 2. The fourth-order valence-corrected chi connectivity index (χ4v) is 5.01. The van der Waals surface area contributed by atoms with E-state index in [4.69, 9.17) is 5.11 Å². The minimum atomic E-state index is -1.03. The molecule has 2 aliphatic heterocycles. The van der Waals surface area contributed by atoms with Crippen molar-refractivity contribution in [1.82, 2.24) is 10.6 Å². The maximum absolute atomic E-state index is 12.5. The Bertz CT molecular complexity index is 670. The molecule has 2 fully saturated rings. The average molecular weight is 377 g/mol. The molecule has 3 N–H and O–H groups in total. The van der Waals surface area contributed by atoms with E-state index in [1.807, 2.05) is 17.8 Å². The van der Waals surface area contributed by atoms with Gasteiger partial charge in [-0.3, -0.25) is 9.59 Å². The number of aliphatic carboxylic acids is 1. The molecule has 0 bridgehead atoms. The number of anilines is 1. The van der Waals surface area contributed by atoms with Crippen molar-refractivity contribution in [3.05, 3.63) is 30.3 Å². The quantitative estimate of drug-likeness (QED) is 0.474. The highest BCUT2D eigenvalue weighted by Gasteiger charge is 2.42. The molecule has 0 aliphatic carbocycles. The van der Waals surface area contributed by atoms with Crippen molar-refractivity contribution in [3.63, 3.8) is 0 Å². The summed E-state index contributed by atoms with van der Waals surface area (Å²) in [6, 6.07) is 9.19. The van der Waals surface area contributed by atoms with Gasteiger partial charge in [-0.15, -0.1) is 0 Å². The third kappa shape index (κ3) is 4.49. The van der Waals surface area contributed by atoms with Crippen molar-refractivity contribution >= 4 is 35.4 Å². The highest BCUT2D eigenvalue weighted by Crippen LogP contribution is 2.33. The highest BCUT2D eigenvalue weighted by atomic mass is 32.2. The van der Waals surface area contributed by atoms with Crippen LogP contribution in [0.4, 0.5) is 10.5 Å². The van der Waals surface area contributed by atoms with Crippen LogP contribution >= 0.6 is 11.8 Å². The molecule has 3 rings (SSSR count). The molecule has 3 atom stereocenters. The first-order valence-corrected chi connectivity index (χ1v) is 9.85. The molecular weight excluding hydrogens is 354 g/mol. The van der Waals surface area contributed by atoms with E-state index in [9.17, 15) is 14.4 Å². The van der Waals surface area contributed by atoms with E-state index in [0.717, 1.165) is 18.6 Å². The number of carboxylic acids is 1. The Morgan fingerprint density at radius 2 is 1.96 bits per heavy atom. The Hall–Kier alpha value is -2.22. The van der Waals surface area contributed by atoms with Crippen LogP contribution in [0.3, 0.4) is 0 Å². The minimum Gasteiger partial charge on any atom is -0.480 e. The normalized spacial score (nSPS) is 23.8. The van der Waals surface area contributed by atoms with Gasteiger partial charge in [-0.1, -0.05) is 24.6 Å². The number of carboxylic acid groups (broad SMARTS) is 1. The molecule has 2 heterocycles. The number of urea groups is 1. The number of unbranched alkanes of at least 4 members (excludes halogenated alkanes) is 1. The molecule has 3 amide bonds. The van der Waals surface area contributed by atoms with E-state index in [1.165, 1.54) is 4.90 Å². The number of fused-ring (bicyclic) bond motifs is 1. The largest absolute Gasteiger partial charge is 0.480 e. The van der Waals surface area contributed by atoms with E-state index in [1.54, 1.807) is 24.3 Å². The topological polar surface area (TPSA) is 98.7 Å². The molecule has 0 aromatic heterocycles. The van der Waals surface area contributed by atoms with Crippen molar-refractivity contribution in [2.45, 2.75) is 43.0 Å². The van der Waals surface area contributed by atoms with Gasteiger partial charge in [0.15, 0.2) is 0 Å². The van der Waals surface area contributed by atoms with Gasteiger partial charge < -0.3 is 20.6 Å². The van der Waals surface area contributed by atoms with Crippen LogP contribution in [0.5, 0.6) is 0 Å². The number of benzene rings is 1. The minimum absolute atomic E-state index is 0.0901. The predicted molar refractivity (Wildman–Crippen MR) is 100 cm³/mol. The SMILES string of the molecule is O=C(O)CN(C(=O)CCCCC1SCC2NC(=O)NC21)c1ccccc1. The Kier molecular flexibility index (Phi) is 6.03. The molecule has 0 saturated carbocycles. The molecule has 140 valence electrons. The summed E-state index contributed by atoms with van der Waals surface area (Å²) in [7, 11) is 0. The number of thioether (sulfide) groups is 1. The van der Waals surface area contributed by atoms with E-state index >= 15 is 0 Å². The van der Waals surface area contributed by atoms with Crippen molar-refractivity contribution in [1.29, 1.82) is 0 Å². The maximum atomic E-state index is 12.5. The zero-order valence-electron chi connectivity index (χ0n) is 14.4. The second-order valence-electron chi connectivity index (χ2n) is 6.58. The van der Waals surface area contributed by atoms with E-state index < -0.39 is 5.97 Å². The van der Waals surface area contributed by atoms with E-state index in [-0.39, 0.29) is 30.6 Å². The van der Waals surface area contributed by atoms with Crippen molar-refractivity contribution in [2.24, 2.45) is 0 Å². The number of amides is 3. The summed E-state index contributed by atoms with van der Waals surface area (Å²) in [6.07, 6.45) is 2.83. The lowest BCUT2D eigenvalue weighted by Gasteiger charge is -2.21. The fourth-order valence-electron chi connectivity index (χ4n) is 3.47. The Morgan fingerprint density at radius 3 is 2.69 bits per heavy atom. The fraction of sp³-hybridized carbons (Fsp3) is 0.500. The number of hydrogen-bond donors (Lipinski definition) is 3. The Balaban J connectivity index is 1.46. The van der Waals surface area contributed by atoms with Crippen LogP contribution in [0.1, 0.15) is 25.7 Å².